The third kappa shape index (κ3) is 3.96. The van der Waals surface area contributed by atoms with E-state index in [9.17, 15) is 9.59 Å². The molecule has 2 amide bonds. The van der Waals surface area contributed by atoms with Crippen LogP contribution in [-0.4, -0.2) is 24.0 Å². The molecule has 2 aromatic carbocycles. The molecule has 6 heteroatoms. The zero-order valence-corrected chi connectivity index (χ0v) is 15.1. The Hall–Kier alpha value is -3.02. The van der Waals surface area contributed by atoms with E-state index < -0.39 is 5.60 Å². The lowest BCUT2D eigenvalue weighted by Crippen LogP contribution is -2.45. The highest BCUT2D eigenvalue weighted by Gasteiger charge is 2.35. The molecule has 0 saturated heterocycles. The zero-order valence-electron chi connectivity index (χ0n) is 15.1. The normalized spacial score (nSPS) is 14.7. The van der Waals surface area contributed by atoms with Gasteiger partial charge in [0.15, 0.2) is 12.2 Å². The van der Waals surface area contributed by atoms with E-state index in [-0.39, 0.29) is 18.4 Å². The van der Waals surface area contributed by atoms with Gasteiger partial charge in [-0.1, -0.05) is 19.1 Å². The highest BCUT2D eigenvalue weighted by molar-refractivity contribution is 6.01. The Morgan fingerprint density at radius 1 is 1.19 bits per heavy atom. The van der Waals surface area contributed by atoms with Crippen LogP contribution in [0.5, 0.6) is 11.5 Å². The fraction of sp³-hybridized carbons (Fsp3) is 0.300. The van der Waals surface area contributed by atoms with E-state index in [1.54, 1.807) is 32.0 Å². The summed E-state index contributed by atoms with van der Waals surface area (Å²) in [6.45, 7) is 5.38. The summed E-state index contributed by atoms with van der Waals surface area (Å²) in [4.78, 5) is 24.1. The van der Waals surface area contributed by atoms with Crippen LogP contribution in [-0.2, 0) is 16.0 Å². The second kappa shape index (κ2) is 7.07. The van der Waals surface area contributed by atoms with Crippen molar-refractivity contribution in [3.63, 3.8) is 0 Å². The van der Waals surface area contributed by atoms with Gasteiger partial charge in [-0.3, -0.25) is 9.59 Å². The molecule has 0 unspecified atom stereocenters. The van der Waals surface area contributed by atoms with Crippen LogP contribution in [0.15, 0.2) is 42.5 Å². The molecule has 136 valence electrons. The van der Waals surface area contributed by atoms with Gasteiger partial charge in [0.25, 0.3) is 11.8 Å². The first-order chi connectivity index (χ1) is 12.4. The Morgan fingerprint density at radius 3 is 2.62 bits per heavy atom. The van der Waals surface area contributed by atoms with Crippen molar-refractivity contribution in [3.05, 3.63) is 48.0 Å². The highest BCUT2D eigenvalue weighted by Crippen LogP contribution is 2.35. The Morgan fingerprint density at radius 2 is 1.92 bits per heavy atom. The van der Waals surface area contributed by atoms with Crippen molar-refractivity contribution in [2.45, 2.75) is 32.8 Å². The smallest absolute Gasteiger partial charge is 0.268 e. The van der Waals surface area contributed by atoms with Crippen molar-refractivity contribution < 1.29 is 19.1 Å². The maximum Gasteiger partial charge on any atom is 0.268 e. The first-order valence-corrected chi connectivity index (χ1v) is 8.53. The van der Waals surface area contributed by atoms with E-state index in [0.29, 0.717) is 22.9 Å². The number of fused-ring (bicyclic) bond motifs is 1. The van der Waals surface area contributed by atoms with Crippen molar-refractivity contribution in [3.8, 4) is 11.5 Å². The van der Waals surface area contributed by atoms with Crippen molar-refractivity contribution in [2.75, 3.05) is 17.2 Å². The predicted octanol–water partition coefficient (Wildman–Crippen LogP) is 3.38. The van der Waals surface area contributed by atoms with E-state index in [1.165, 1.54) is 5.56 Å². The molecule has 0 radical (unpaired) electrons. The number of aryl methyl sites for hydroxylation is 1. The van der Waals surface area contributed by atoms with Crippen molar-refractivity contribution >= 4 is 23.2 Å². The van der Waals surface area contributed by atoms with Gasteiger partial charge >= 0.3 is 0 Å². The number of nitrogens with one attached hydrogen (secondary N) is 2. The number of carbonyl (C=O) groups excluding carboxylic acids is 2. The number of carbonyl (C=O) groups is 2. The van der Waals surface area contributed by atoms with Gasteiger partial charge in [0.05, 0.1) is 5.69 Å². The van der Waals surface area contributed by atoms with E-state index >= 15 is 0 Å². The standard InChI is InChI=1S/C20H22N2O4/c1-4-13-5-8-15(9-6-13)25-12-18(23)21-14-7-10-17-16(11-14)22-19(24)20(2,3)26-17/h5-11H,4,12H2,1-3H3,(H,21,23)(H,22,24). The number of amides is 2. The number of hydrogen-bond acceptors (Lipinski definition) is 4. The number of ether oxygens (including phenoxy) is 2. The molecule has 26 heavy (non-hydrogen) atoms. The minimum atomic E-state index is -0.918. The average Bonchev–Trinajstić information content (AvgIpc) is 2.61. The lowest BCUT2D eigenvalue weighted by atomic mass is 10.1. The third-order valence-corrected chi connectivity index (χ3v) is 4.12. The second-order valence-corrected chi connectivity index (χ2v) is 6.61. The molecule has 0 aromatic heterocycles. The molecule has 0 saturated carbocycles. The molecule has 0 spiro atoms. The first kappa shape index (κ1) is 17.8. The molecule has 3 rings (SSSR count). The van der Waals surface area contributed by atoms with Gasteiger partial charge in [-0.15, -0.1) is 0 Å². The largest absolute Gasteiger partial charge is 0.484 e. The molecule has 1 aliphatic rings. The number of anilines is 2. The zero-order chi connectivity index (χ0) is 18.7. The minimum Gasteiger partial charge on any atom is -0.484 e. The first-order valence-electron chi connectivity index (χ1n) is 8.53. The fourth-order valence-electron chi connectivity index (χ4n) is 2.56. The molecule has 1 heterocycles. The quantitative estimate of drug-likeness (QED) is 0.863. The molecule has 0 fully saturated rings. The van der Waals surface area contributed by atoms with E-state index in [0.717, 1.165) is 6.42 Å². The third-order valence-electron chi connectivity index (χ3n) is 4.12. The summed E-state index contributed by atoms with van der Waals surface area (Å²) >= 11 is 0. The van der Waals surface area contributed by atoms with Crippen molar-refractivity contribution in [1.29, 1.82) is 0 Å². The minimum absolute atomic E-state index is 0.0988. The van der Waals surface area contributed by atoms with Gasteiger partial charge in [0.1, 0.15) is 11.5 Å². The van der Waals surface area contributed by atoms with Gasteiger partial charge < -0.3 is 20.1 Å². The molecule has 0 aliphatic carbocycles. The molecule has 0 bridgehead atoms. The van der Waals surface area contributed by atoms with Crippen molar-refractivity contribution in [1.82, 2.24) is 0 Å². The fourth-order valence-corrected chi connectivity index (χ4v) is 2.56. The topological polar surface area (TPSA) is 76.7 Å². The summed E-state index contributed by atoms with van der Waals surface area (Å²) in [5.74, 6) is 0.700. The maximum absolute atomic E-state index is 12.1. The van der Waals surface area contributed by atoms with Gasteiger partial charge in [0.2, 0.25) is 0 Å². The van der Waals surface area contributed by atoms with Crippen LogP contribution in [0.25, 0.3) is 0 Å². The van der Waals surface area contributed by atoms with Crippen LogP contribution in [0.2, 0.25) is 0 Å². The lowest BCUT2D eigenvalue weighted by Gasteiger charge is -2.31. The molecule has 0 atom stereocenters. The molecule has 2 aromatic rings. The SMILES string of the molecule is CCc1ccc(OCC(=O)Nc2ccc3c(c2)NC(=O)C(C)(C)O3)cc1. The lowest BCUT2D eigenvalue weighted by molar-refractivity contribution is -0.129. The van der Waals surface area contributed by atoms with Gasteiger partial charge in [0, 0.05) is 5.69 Å². The Kier molecular flexibility index (Phi) is 4.84. The summed E-state index contributed by atoms with van der Waals surface area (Å²) in [7, 11) is 0. The molecule has 6 nitrogen and oxygen atoms in total. The van der Waals surface area contributed by atoms with Crippen LogP contribution >= 0.6 is 0 Å². The van der Waals surface area contributed by atoms with Crippen molar-refractivity contribution in [2.24, 2.45) is 0 Å². The highest BCUT2D eigenvalue weighted by atomic mass is 16.5. The van der Waals surface area contributed by atoms with Gasteiger partial charge in [-0.25, -0.2) is 0 Å². The summed E-state index contributed by atoms with van der Waals surface area (Å²) in [5, 5.41) is 5.54. The molecular formula is C20H22N2O4. The van der Waals surface area contributed by atoms with Crippen LogP contribution in [0.4, 0.5) is 11.4 Å². The molecule has 2 N–H and O–H groups in total. The van der Waals surface area contributed by atoms with E-state index in [2.05, 4.69) is 17.6 Å². The summed E-state index contributed by atoms with van der Waals surface area (Å²) < 4.78 is 11.2. The Bertz CT molecular complexity index is 828. The average molecular weight is 354 g/mol. The Balaban J connectivity index is 1.59. The summed E-state index contributed by atoms with van der Waals surface area (Å²) in [6, 6.07) is 12.7. The monoisotopic (exact) mass is 354 g/mol. The summed E-state index contributed by atoms with van der Waals surface area (Å²) in [5.41, 5.74) is 1.38. The predicted molar refractivity (Wildman–Crippen MR) is 99.7 cm³/mol. The van der Waals surface area contributed by atoms with E-state index in [4.69, 9.17) is 9.47 Å². The van der Waals surface area contributed by atoms with Gasteiger partial charge in [-0.2, -0.15) is 0 Å². The van der Waals surface area contributed by atoms with Crippen LogP contribution in [0.1, 0.15) is 26.3 Å². The Labute approximate surface area is 152 Å². The maximum atomic E-state index is 12.1. The number of hydrogen-bond donors (Lipinski definition) is 2. The molecular weight excluding hydrogens is 332 g/mol. The van der Waals surface area contributed by atoms with E-state index in [1.807, 2.05) is 24.3 Å². The number of benzene rings is 2. The van der Waals surface area contributed by atoms with Crippen LogP contribution in [0, 0.1) is 0 Å². The molecule has 1 aliphatic heterocycles. The number of rotatable bonds is 5. The van der Waals surface area contributed by atoms with Crippen LogP contribution in [0.3, 0.4) is 0 Å². The second-order valence-electron chi connectivity index (χ2n) is 6.61. The van der Waals surface area contributed by atoms with Gasteiger partial charge in [-0.05, 0) is 56.2 Å². The summed E-state index contributed by atoms with van der Waals surface area (Å²) in [6.07, 6.45) is 0.955. The van der Waals surface area contributed by atoms with Crippen LogP contribution < -0.4 is 20.1 Å².